The van der Waals surface area contributed by atoms with Gasteiger partial charge in [-0.15, -0.1) is 0 Å². The van der Waals surface area contributed by atoms with Gasteiger partial charge in [-0.05, 0) is 32.1 Å². The lowest BCUT2D eigenvalue weighted by atomic mass is 10.1. The number of nitrogens with zero attached hydrogens (tertiary/aromatic N) is 1. The van der Waals surface area contributed by atoms with Crippen LogP contribution in [0.3, 0.4) is 0 Å². The first-order chi connectivity index (χ1) is 8.60. The molecule has 102 valence electrons. The molecule has 1 aromatic rings. The van der Waals surface area contributed by atoms with Gasteiger partial charge in [-0.2, -0.15) is 0 Å². The van der Waals surface area contributed by atoms with Crippen LogP contribution in [0.4, 0.5) is 0 Å². The molecule has 0 aliphatic carbocycles. The van der Waals surface area contributed by atoms with Crippen LogP contribution in [0, 0.1) is 0 Å². The summed E-state index contributed by atoms with van der Waals surface area (Å²) in [5.74, 6) is 0.274. The number of aromatic hydroxyl groups is 2. The highest BCUT2D eigenvalue weighted by Crippen LogP contribution is 2.31. The summed E-state index contributed by atoms with van der Waals surface area (Å²) in [6.07, 6.45) is 0. The average Bonchev–Trinajstić information content (AvgIpc) is 2.34. The largest absolute Gasteiger partial charge is 0.507 e. The Hall–Kier alpha value is -1.26. The van der Waals surface area contributed by atoms with Crippen LogP contribution in [0.25, 0.3) is 0 Å². The lowest BCUT2D eigenvalue weighted by Gasteiger charge is -2.21. The molecule has 1 unspecified atom stereocenters. The predicted molar refractivity (Wildman–Crippen MR) is 74.0 cm³/mol. The lowest BCUT2D eigenvalue weighted by Crippen LogP contribution is -2.33. The molecule has 0 saturated carbocycles. The van der Waals surface area contributed by atoms with E-state index in [4.69, 9.17) is 0 Å². The van der Waals surface area contributed by atoms with Crippen LogP contribution in [0.2, 0.25) is 0 Å². The van der Waals surface area contributed by atoms with Crippen molar-refractivity contribution in [3.63, 3.8) is 0 Å². The summed E-state index contributed by atoms with van der Waals surface area (Å²) in [4.78, 5) is 2.32. The van der Waals surface area contributed by atoms with Gasteiger partial charge in [-0.3, -0.25) is 0 Å². The number of phenolic OH excluding ortho intramolecular Hbond substituents is 2. The topological polar surface area (TPSA) is 55.7 Å². The lowest BCUT2D eigenvalue weighted by molar-refractivity contribution is 0.296. The Morgan fingerprint density at radius 3 is 2.22 bits per heavy atom. The molecule has 1 aromatic carbocycles. The first-order valence-electron chi connectivity index (χ1n) is 6.56. The number of phenols is 2. The van der Waals surface area contributed by atoms with Gasteiger partial charge in [-0.25, -0.2) is 0 Å². The number of likely N-dealkylation sites (N-methyl/N-ethyl adjacent to an activating group) is 1. The van der Waals surface area contributed by atoms with Crippen LogP contribution in [-0.4, -0.2) is 41.3 Å². The molecule has 0 aromatic heterocycles. The fourth-order valence-corrected chi connectivity index (χ4v) is 2.07. The maximum Gasteiger partial charge on any atom is 0.124 e. The molecule has 4 nitrogen and oxygen atoms in total. The van der Waals surface area contributed by atoms with E-state index in [1.807, 2.05) is 6.92 Å². The third kappa shape index (κ3) is 3.89. The summed E-state index contributed by atoms with van der Waals surface area (Å²) >= 11 is 0. The molecule has 0 aliphatic heterocycles. The molecule has 0 heterocycles. The van der Waals surface area contributed by atoms with Gasteiger partial charge in [0.2, 0.25) is 0 Å². The third-order valence-corrected chi connectivity index (χ3v) is 3.27. The van der Waals surface area contributed by atoms with Crippen molar-refractivity contribution in [2.24, 2.45) is 0 Å². The molecular formula is C14H24N2O2. The van der Waals surface area contributed by atoms with Crippen molar-refractivity contribution in [2.45, 2.75) is 26.8 Å². The molecule has 1 rings (SSSR count). The second-order valence-corrected chi connectivity index (χ2v) is 4.41. The molecule has 0 bridgehead atoms. The normalized spacial score (nSPS) is 12.9. The van der Waals surface area contributed by atoms with Gasteiger partial charge < -0.3 is 20.4 Å². The first kappa shape index (κ1) is 14.8. The quantitative estimate of drug-likeness (QED) is 0.695. The molecule has 0 amide bonds. The van der Waals surface area contributed by atoms with Crippen LogP contribution in [0.15, 0.2) is 18.2 Å². The highest BCUT2D eigenvalue weighted by atomic mass is 16.3. The molecular weight excluding hydrogens is 228 g/mol. The monoisotopic (exact) mass is 252 g/mol. The van der Waals surface area contributed by atoms with E-state index in [1.54, 1.807) is 18.2 Å². The number of hydrogen-bond donors (Lipinski definition) is 3. The van der Waals surface area contributed by atoms with Gasteiger partial charge in [0, 0.05) is 19.1 Å². The van der Waals surface area contributed by atoms with Crippen LogP contribution < -0.4 is 5.32 Å². The van der Waals surface area contributed by atoms with E-state index in [0.717, 1.165) is 26.2 Å². The van der Waals surface area contributed by atoms with Crippen molar-refractivity contribution in [1.29, 1.82) is 0 Å². The van der Waals surface area contributed by atoms with E-state index >= 15 is 0 Å². The van der Waals surface area contributed by atoms with Crippen molar-refractivity contribution in [3.05, 3.63) is 23.8 Å². The fourth-order valence-electron chi connectivity index (χ4n) is 2.07. The number of hydrogen-bond acceptors (Lipinski definition) is 4. The molecule has 0 fully saturated rings. The Kier molecular flexibility index (Phi) is 5.95. The van der Waals surface area contributed by atoms with E-state index < -0.39 is 0 Å². The molecule has 0 spiro atoms. The average molecular weight is 252 g/mol. The van der Waals surface area contributed by atoms with E-state index in [-0.39, 0.29) is 17.5 Å². The number of rotatable bonds is 7. The van der Waals surface area contributed by atoms with Crippen molar-refractivity contribution in [1.82, 2.24) is 10.2 Å². The predicted octanol–water partition coefficient (Wildman–Crippen LogP) is 2.09. The smallest absolute Gasteiger partial charge is 0.124 e. The Morgan fingerprint density at radius 2 is 1.72 bits per heavy atom. The van der Waals surface area contributed by atoms with Crippen molar-refractivity contribution >= 4 is 0 Å². The van der Waals surface area contributed by atoms with Gasteiger partial charge in [-0.1, -0.05) is 19.9 Å². The minimum atomic E-state index is -0.0678. The minimum absolute atomic E-state index is 0.0678. The van der Waals surface area contributed by atoms with Crippen LogP contribution in [0.1, 0.15) is 32.4 Å². The Balaban J connectivity index is 2.53. The van der Waals surface area contributed by atoms with Gasteiger partial charge >= 0.3 is 0 Å². The highest BCUT2D eigenvalue weighted by molar-refractivity contribution is 5.44. The minimum Gasteiger partial charge on any atom is -0.507 e. The maximum absolute atomic E-state index is 9.75. The zero-order valence-corrected chi connectivity index (χ0v) is 11.5. The maximum atomic E-state index is 9.75. The second kappa shape index (κ2) is 7.24. The van der Waals surface area contributed by atoms with Gasteiger partial charge in [0.25, 0.3) is 0 Å². The standard InChI is InChI=1S/C14H24N2O2/c1-4-16(5-2)10-9-15-11(3)14-12(17)7-6-8-13(14)18/h6-8,11,15,17-18H,4-5,9-10H2,1-3H3. The van der Waals surface area contributed by atoms with E-state index in [2.05, 4.69) is 24.1 Å². The molecule has 18 heavy (non-hydrogen) atoms. The second-order valence-electron chi connectivity index (χ2n) is 4.41. The Bertz CT molecular complexity index is 345. The summed E-state index contributed by atoms with van der Waals surface area (Å²) in [6, 6.07) is 4.76. The molecule has 4 heteroatoms. The fraction of sp³-hybridized carbons (Fsp3) is 0.571. The van der Waals surface area contributed by atoms with Gasteiger partial charge in [0.15, 0.2) is 0 Å². The number of nitrogens with one attached hydrogen (secondary N) is 1. The Labute approximate surface area is 109 Å². The van der Waals surface area contributed by atoms with E-state index in [9.17, 15) is 10.2 Å². The van der Waals surface area contributed by atoms with E-state index in [0.29, 0.717) is 5.56 Å². The van der Waals surface area contributed by atoms with Crippen molar-refractivity contribution in [2.75, 3.05) is 26.2 Å². The third-order valence-electron chi connectivity index (χ3n) is 3.27. The summed E-state index contributed by atoms with van der Waals surface area (Å²) < 4.78 is 0. The zero-order chi connectivity index (χ0) is 13.5. The molecule has 0 radical (unpaired) electrons. The van der Waals surface area contributed by atoms with E-state index in [1.165, 1.54) is 0 Å². The molecule has 0 aliphatic rings. The zero-order valence-electron chi connectivity index (χ0n) is 11.5. The number of benzene rings is 1. The summed E-state index contributed by atoms with van der Waals surface area (Å²) in [6.45, 7) is 10.1. The summed E-state index contributed by atoms with van der Waals surface area (Å²) in [7, 11) is 0. The highest BCUT2D eigenvalue weighted by Gasteiger charge is 2.14. The van der Waals surface area contributed by atoms with Crippen LogP contribution in [0.5, 0.6) is 11.5 Å². The molecule has 1 atom stereocenters. The van der Waals surface area contributed by atoms with Crippen LogP contribution in [-0.2, 0) is 0 Å². The van der Waals surface area contributed by atoms with Crippen molar-refractivity contribution in [3.8, 4) is 11.5 Å². The van der Waals surface area contributed by atoms with Gasteiger partial charge in [0.1, 0.15) is 11.5 Å². The Morgan fingerprint density at radius 1 is 1.17 bits per heavy atom. The first-order valence-corrected chi connectivity index (χ1v) is 6.56. The van der Waals surface area contributed by atoms with Gasteiger partial charge in [0.05, 0.1) is 5.56 Å². The molecule has 0 saturated heterocycles. The van der Waals surface area contributed by atoms with Crippen molar-refractivity contribution < 1.29 is 10.2 Å². The molecule has 3 N–H and O–H groups in total. The summed E-state index contributed by atoms with van der Waals surface area (Å²) in [5.41, 5.74) is 0.567. The summed E-state index contributed by atoms with van der Waals surface area (Å²) in [5, 5.41) is 22.8. The SMILES string of the molecule is CCN(CC)CCNC(C)c1c(O)cccc1O. The van der Waals surface area contributed by atoms with Crippen LogP contribution >= 0.6 is 0 Å².